The standard InChI is InChI=1S/C16H30N2O/c1-12-8-9-17-16(3,14-5-6-14)11-18(12)10-15-7-4-13(2)19-15/h12-15,17H,4-11H2,1-3H3. The summed E-state index contributed by atoms with van der Waals surface area (Å²) in [5, 5.41) is 3.83. The van der Waals surface area contributed by atoms with Gasteiger partial charge in [-0.05, 0) is 65.3 Å². The molecule has 19 heavy (non-hydrogen) atoms. The summed E-state index contributed by atoms with van der Waals surface area (Å²) < 4.78 is 6.04. The quantitative estimate of drug-likeness (QED) is 0.849. The molecule has 1 saturated carbocycles. The average molecular weight is 266 g/mol. The van der Waals surface area contributed by atoms with Crippen LogP contribution in [0.1, 0.15) is 52.9 Å². The molecule has 1 aliphatic carbocycles. The van der Waals surface area contributed by atoms with E-state index in [1.807, 2.05) is 0 Å². The van der Waals surface area contributed by atoms with Crippen molar-refractivity contribution in [3.63, 3.8) is 0 Å². The van der Waals surface area contributed by atoms with Gasteiger partial charge in [0, 0.05) is 24.7 Å². The summed E-state index contributed by atoms with van der Waals surface area (Å²) >= 11 is 0. The van der Waals surface area contributed by atoms with Crippen LogP contribution in [0.4, 0.5) is 0 Å². The molecule has 110 valence electrons. The lowest BCUT2D eigenvalue weighted by molar-refractivity contribution is 0.0182. The van der Waals surface area contributed by atoms with Crippen molar-refractivity contribution in [2.24, 2.45) is 5.92 Å². The van der Waals surface area contributed by atoms with Gasteiger partial charge in [-0.1, -0.05) is 0 Å². The van der Waals surface area contributed by atoms with E-state index in [-0.39, 0.29) is 0 Å². The summed E-state index contributed by atoms with van der Waals surface area (Å²) in [6.07, 6.45) is 7.54. The minimum Gasteiger partial charge on any atom is -0.374 e. The van der Waals surface area contributed by atoms with Crippen molar-refractivity contribution in [1.29, 1.82) is 0 Å². The number of ether oxygens (including phenoxy) is 1. The largest absolute Gasteiger partial charge is 0.374 e. The first-order valence-electron chi connectivity index (χ1n) is 8.21. The highest BCUT2D eigenvalue weighted by atomic mass is 16.5. The first kappa shape index (κ1) is 13.8. The molecule has 0 radical (unpaired) electrons. The zero-order valence-corrected chi connectivity index (χ0v) is 12.8. The summed E-state index contributed by atoms with van der Waals surface area (Å²) in [6, 6.07) is 0.688. The van der Waals surface area contributed by atoms with Crippen molar-refractivity contribution in [2.75, 3.05) is 19.6 Å². The molecule has 0 aromatic carbocycles. The van der Waals surface area contributed by atoms with Crippen molar-refractivity contribution in [1.82, 2.24) is 10.2 Å². The van der Waals surface area contributed by atoms with Gasteiger partial charge in [-0.3, -0.25) is 4.90 Å². The minimum absolute atomic E-state index is 0.342. The highest BCUT2D eigenvalue weighted by Gasteiger charge is 2.44. The van der Waals surface area contributed by atoms with Crippen LogP contribution in [0.5, 0.6) is 0 Å². The topological polar surface area (TPSA) is 24.5 Å². The zero-order chi connectivity index (χ0) is 13.5. The lowest BCUT2D eigenvalue weighted by Crippen LogP contribution is -2.52. The summed E-state index contributed by atoms with van der Waals surface area (Å²) in [6.45, 7) is 10.5. The second-order valence-corrected chi connectivity index (χ2v) is 7.33. The molecule has 1 N–H and O–H groups in total. The molecule has 0 aromatic heterocycles. The number of nitrogens with zero attached hydrogens (tertiary/aromatic N) is 1. The van der Waals surface area contributed by atoms with Crippen molar-refractivity contribution >= 4 is 0 Å². The smallest absolute Gasteiger partial charge is 0.0706 e. The molecule has 4 unspecified atom stereocenters. The van der Waals surface area contributed by atoms with Crippen LogP contribution in [-0.2, 0) is 4.74 Å². The molecule has 3 heteroatoms. The molecule has 3 fully saturated rings. The Bertz CT molecular complexity index is 318. The lowest BCUT2D eigenvalue weighted by Gasteiger charge is -2.37. The van der Waals surface area contributed by atoms with Gasteiger partial charge >= 0.3 is 0 Å². The first-order chi connectivity index (χ1) is 9.07. The van der Waals surface area contributed by atoms with E-state index in [0.29, 0.717) is 23.8 Å². The van der Waals surface area contributed by atoms with E-state index >= 15 is 0 Å². The van der Waals surface area contributed by atoms with Crippen molar-refractivity contribution in [2.45, 2.75) is 76.7 Å². The van der Waals surface area contributed by atoms with Crippen LogP contribution in [0, 0.1) is 5.92 Å². The summed E-state index contributed by atoms with van der Waals surface area (Å²) in [5.74, 6) is 0.906. The lowest BCUT2D eigenvalue weighted by atomic mass is 9.95. The molecular weight excluding hydrogens is 236 g/mol. The Hall–Kier alpha value is -0.120. The van der Waals surface area contributed by atoms with Gasteiger partial charge in [0.15, 0.2) is 0 Å². The maximum atomic E-state index is 6.04. The van der Waals surface area contributed by atoms with Crippen molar-refractivity contribution in [3.05, 3.63) is 0 Å². The fraction of sp³-hybridized carbons (Fsp3) is 1.00. The summed E-state index contributed by atoms with van der Waals surface area (Å²) in [4.78, 5) is 2.70. The maximum absolute atomic E-state index is 6.04. The number of hydrogen-bond donors (Lipinski definition) is 1. The summed E-state index contributed by atoms with van der Waals surface area (Å²) in [7, 11) is 0. The van der Waals surface area contributed by atoms with E-state index in [0.717, 1.165) is 12.5 Å². The number of nitrogens with one attached hydrogen (secondary N) is 1. The van der Waals surface area contributed by atoms with Gasteiger partial charge < -0.3 is 10.1 Å². The molecule has 2 saturated heterocycles. The van der Waals surface area contributed by atoms with E-state index in [9.17, 15) is 0 Å². The van der Waals surface area contributed by atoms with E-state index in [4.69, 9.17) is 4.74 Å². The second kappa shape index (κ2) is 5.34. The Morgan fingerprint density at radius 3 is 2.58 bits per heavy atom. The van der Waals surface area contributed by atoms with Crippen LogP contribution in [0.2, 0.25) is 0 Å². The van der Waals surface area contributed by atoms with E-state index in [1.54, 1.807) is 0 Å². The maximum Gasteiger partial charge on any atom is 0.0706 e. The fourth-order valence-corrected chi connectivity index (χ4v) is 3.90. The predicted molar refractivity (Wildman–Crippen MR) is 78.4 cm³/mol. The Balaban J connectivity index is 1.63. The Morgan fingerprint density at radius 1 is 1.16 bits per heavy atom. The Kier molecular flexibility index (Phi) is 3.89. The van der Waals surface area contributed by atoms with Crippen molar-refractivity contribution in [3.8, 4) is 0 Å². The van der Waals surface area contributed by atoms with Crippen LogP contribution in [0.15, 0.2) is 0 Å². The van der Waals surface area contributed by atoms with Crippen LogP contribution >= 0.6 is 0 Å². The average Bonchev–Trinajstić information content (AvgIpc) is 3.14. The van der Waals surface area contributed by atoms with E-state index in [2.05, 4.69) is 31.0 Å². The number of rotatable bonds is 3. The highest BCUT2D eigenvalue weighted by Crippen LogP contribution is 2.41. The fourth-order valence-electron chi connectivity index (χ4n) is 3.90. The second-order valence-electron chi connectivity index (χ2n) is 7.33. The van der Waals surface area contributed by atoms with Crippen LogP contribution < -0.4 is 5.32 Å². The molecule has 2 heterocycles. The number of hydrogen-bond acceptors (Lipinski definition) is 3. The first-order valence-corrected chi connectivity index (χ1v) is 8.21. The Morgan fingerprint density at radius 2 is 1.95 bits per heavy atom. The van der Waals surface area contributed by atoms with Gasteiger partial charge in [-0.25, -0.2) is 0 Å². The molecule has 0 spiro atoms. The van der Waals surface area contributed by atoms with E-state index < -0.39 is 0 Å². The van der Waals surface area contributed by atoms with Gasteiger partial charge in [0.25, 0.3) is 0 Å². The molecule has 0 bridgehead atoms. The molecule has 4 atom stereocenters. The van der Waals surface area contributed by atoms with Gasteiger partial charge in [0.05, 0.1) is 12.2 Å². The molecule has 3 nitrogen and oxygen atoms in total. The van der Waals surface area contributed by atoms with Crippen LogP contribution in [0.25, 0.3) is 0 Å². The molecular formula is C16H30N2O. The van der Waals surface area contributed by atoms with Gasteiger partial charge in [0.1, 0.15) is 0 Å². The SMILES string of the molecule is CC1CCC(CN2CC(C)(C3CC3)NCCC2C)O1. The third-order valence-electron chi connectivity index (χ3n) is 5.48. The summed E-state index contributed by atoms with van der Waals surface area (Å²) in [5.41, 5.74) is 0.342. The molecule has 0 aromatic rings. The third-order valence-corrected chi connectivity index (χ3v) is 5.48. The third kappa shape index (κ3) is 3.14. The van der Waals surface area contributed by atoms with Crippen molar-refractivity contribution < 1.29 is 4.74 Å². The van der Waals surface area contributed by atoms with E-state index in [1.165, 1.54) is 45.2 Å². The molecule has 2 aliphatic heterocycles. The zero-order valence-electron chi connectivity index (χ0n) is 12.8. The Labute approximate surface area is 118 Å². The molecule has 3 aliphatic rings. The van der Waals surface area contributed by atoms with Gasteiger partial charge in [-0.15, -0.1) is 0 Å². The van der Waals surface area contributed by atoms with Crippen LogP contribution in [0.3, 0.4) is 0 Å². The normalized spacial score (nSPS) is 45.3. The van der Waals surface area contributed by atoms with Crippen LogP contribution in [-0.4, -0.2) is 48.3 Å². The molecule has 3 rings (SSSR count). The van der Waals surface area contributed by atoms with Gasteiger partial charge in [-0.2, -0.15) is 0 Å². The predicted octanol–water partition coefficient (Wildman–Crippen LogP) is 2.41. The minimum atomic E-state index is 0.342. The molecule has 0 amide bonds. The monoisotopic (exact) mass is 266 g/mol. The van der Waals surface area contributed by atoms with Gasteiger partial charge in [0.2, 0.25) is 0 Å². The highest BCUT2D eigenvalue weighted by molar-refractivity contribution is 5.02.